The van der Waals surface area contributed by atoms with Crippen molar-refractivity contribution in [2.45, 2.75) is 25.1 Å². The van der Waals surface area contributed by atoms with Gasteiger partial charge in [-0.1, -0.05) is 25.7 Å². The van der Waals surface area contributed by atoms with Crippen molar-refractivity contribution in [3.05, 3.63) is 12.1 Å². The number of halogens is 3. The van der Waals surface area contributed by atoms with E-state index in [1.165, 1.54) is 26.4 Å². The number of alkyl halides is 3. The van der Waals surface area contributed by atoms with Crippen LogP contribution in [0.4, 0.5) is 13.2 Å². The Balaban J connectivity index is 3.62. The van der Waals surface area contributed by atoms with Crippen LogP contribution in [0, 0.1) is 0 Å². The molecular formula is C12H17F3O5SSi. The van der Waals surface area contributed by atoms with Crippen LogP contribution in [0.1, 0.15) is 0 Å². The van der Waals surface area contributed by atoms with Gasteiger partial charge in [-0.25, -0.2) is 0 Å². The minimum absolute atomic E-state index is 0.0804. The first-order chi connectivity index (χ1) is 9.85. The summed E-state index contributed by atoms with van der Waals surface area (Å²) in [4.78, 5) is 0. The van der Waals surface area contributed by atoms with Gasteiger partial charge < -0.3 is 13.7 Å². The molecule has 0 aliphatic carbocycles. The lowest BCUT2D eigenvalue weighted by Crippen LogP contribution is -2.40. The van der Waals surface area contributed by atoms with Crippen LogP contribution in [-0.4, -0.2) is 36.2 Å². The number of benzene rings is 1. The molecule has 0 unspecified atom stereocenters. The van der Waals surface area contributed by atoms with Crippen LogP contribution in [0.25, 0.3) is 0 Å². The SMILES string of the molecule is COc1ccc([Si](C)(C)C)c(OS(=O)(=O)C(F)(F)F)c1OC. The lowest BCUT2D eigenvalue weighted by atomic mass is 10.3. The summed E-state index contributed by atoms with van der Waals surface area (Å²) in [5.74, 6) is -0.578. The molecule has 126 valence electrons. The minimum atomic E-state index is -5.80. The molecule has 0 saturated heterocycles. The lowest BCUT2D eigenvalue weighted by molar-refractivity contribution is -0.0500. The molecule has 22 heavy (non-hydrogen) atoms. The first-order valence-electron chi connectivity index (χ1n) is 6.11. The van der Waals surface area contributed by atoms with Crippen molar-refractivity contribution in [2.75, 3.05) is 14.2 Å². The predicted molar refractivity (Wildman–Crippen MR) is 78.1 cm³/mol. The number of rotatable bonds is 5. The highest BCUT2D eigenvalue weighted by atomic mass is 32.2. The van der Waals surface area contributed by atoms with Crippen LogP contribution >= 0.6 is 0 Å². The Morgan fingerprint density at radius 3 is 1.91 bits per heavy atom. The second kappa shape index (κ2) is 5.99. The highest BCUT2D eigenvalue weighted by Crippen LogP contribution is 2.39. The maximum atomic E-state index is 12.6. The number of hydrogen-bond acceptors (Lipinski definition) is 5. The maximum Gasteiger partial charge on any atom is 0.534 e. The van der Waals surface area contributed by atoms with Gasteiger partial charge in [0, 0.05) is 0 Å². The van der Waals surface area contributed by atoms with Gasteiger partial charge >= 0.3 is 15.6 Å². The third kappa shape index (κ3) is 3.66. The number of ether oxygens (including phenoxy) is 2. The maximum absolute atomic E-state index is 12.6. The molecule has 0 spiro atoms. The standard InChI is InChI=1S/C12H17F3O5SSi/c1-18-8-6-7-9(22(3,4)5)11(10(8)19-2)20-21(16,17)12(13,14)15/h6-7H,1-5H3. The zero-order chi connectivity index (χ0) is 17.3. The van der Waals surface area contributed by atoms with Gasteiger partial charge in [0.15, 0.2) is 11.5 Å². The van der Waals surface area contributed by atoms with Gasteiger partial charge in [-0.15, -0.1) is 0 Å². The van der Waals surface area contributed by atoms with Crippen molar-refractivity contribution in [1.29, 1.82) is 0 Å². The number of methoxy groups -OCH3 is 2. The minimum Gasteiger partial charge on any atom is -0.493 e. The molecule has 0 fully saturated rings. The average molecular weight is 358 g/mol. The fraction of sp³-hybridized carbons (Fsp3) is 0.500. The molecule has 0 aliphatic rings. The van der Waals surface area contributed by atoms with Gasteiger partial charge in [0.1, 0.15) is 0 Å². The highest BCUT2D eigenvalue weighted by Gasteiger charge is 2.49. The molecule has 0 saturated carbocycles. The van der Waals surface area contributed by atoms with E-state index in [2.05, 4.69) is 4.18 Å². The van der Waals surface area contributed by atoms with Gasteiger partial charge in [-0.05, 0) is 11.3 Å². The van der Waals surface area contributed by atoms with E-state index in [4.69, 9.17) is 9.47 Å². The van der Waals surface area contributed by atoms with Crippen molar-refractivity contribution in [1.82, 2.24) is 0 Å². The first-order valence-corrected chi connectivity index (χ1v) is 11.0. The zero-order valence-corrected chi connectivity index (χ0v) is 14.6. The summed E-state index contributed by atoms with van der Waals surface area (Å²) in [7, 11) is -5.54. The molecule has 1 aromatic carbocycles. The van der Waals surface area contributed by atoms with Crippen LogP contribution in [0.2, 0.25) is 19.6 Å². The van der Waals surface area contributed by atoms with Gasteiger partial charge in [0.2, 0.25) is 5.75 Å². The van der Waals surface area contributed by atoms with E-state index < -0.39 is 29.4 Å². The molecule has 10 heteroatoms. The quantitative estimate of drug-likeness (QED) is 0.460. The molecule has 0 aromatic heterocycles. The molecule has 0 amide bonds. The van der Waals surface area contributed by atoms with E-state index in [1.807, 2.05) is 19.6 Å². The van der Waals surface area contributed by atoms with Gasteiger partial charge in [0.05, 0.1) is 22.3 Å². The summed E-state index contributed by atoms with van der Waals surface area (Å²) in [6, 6.07) is 2.99. The monoisotopic (exact) mass is 358 g/mol. The van der Waals surface area contributed by atoms with E-state index in [0.717, 1.165) is 0 Å². The van der Waals surface area contributed by atoms with Crippen LogP contribution in [0.15, 0.2) is 12.1 Å². The molecule has 0 radical (unpaired) electrons. The molecule has 0 aliphatic heterocycles. The summed E-state index contributed by atoms with van der Waals surface area (Å²) in [6.07, 6.45) is 0. The summed E-state index contributed by atoms with van der Waals surface area (Å²) in [5, 5.41) is 0.373. The van der Waals surface area contributed by atoms with Crippen molar-refractivity contribution < 1.29 is 35.2 Å². The second-order valence-corrected chi connectivity index (χ2v) is 12.0. The Labute approximate surface area is 128 Å². The summed E-state index contributed by atoms with van der Waals surface area (Å²) < 4.78 is 74.8. The van der Waals surface area contributed by atoms with Crippen LogP contribution < -0.4 is 18.8 Å². The van der Waals surface area contributed by atoms with Crippen molar-refractivity contribution in [3.8, 4) is 17.2 Å². The first kappa shape index (κ1) is 18.6. The Kier molecular flexibility index (Phi) is 5.07. The summed E-state index contributed by atoms with van der Waals surface area (Å²) >= 11 is 0. The highest BCUT2D eigenvalue weighted by molar-refractivity contribution is 7.88. The van der Waals surface area contributed by atoms with Crippen molar-refractivity contribution in [2.24, 2.45) is 0 Å². The molecule has 0 heterocycles. The smallest absolute Gasteiger partial charge is 0.493 e. The Morgan fingerprint density at radius 1 is 1.00 bits per heavy atom. The molecule has 5 nitrogen and oxygen atoms in total. The molecule has 0 atom stereocenters. The van der Waals surface area contributed by atoms with E-state index in [-0.39, 0.29) is 11.5 Å². The largest absolute Gasteiger partial charge is 0.534 e. The summed E-state index contributed by atoms with van der Waals surface area (Å²) in [6.45, 7) is 5.50. The predicted octanol–water partition coefficient (Wildman–Crippen LogP) is 2.48. The molecule has 0 N–H and O–H groups in total. The van der Waals surface area contributed by atoms with Crippen LogP contribution in [-0.2, 0) is 10.1 Å². The van der Waals surface area contributed by atoms with E-state index in [0.29, 0.717) is 5.19 Å². The van der Waals surface area contributed by atoms with Gasteiger partial charge in [-0.3, -0.25) is 0 Å². The fourth-order valence-electron chi connectivity index (χ4n) is 1.73. The zero-order valence-electron chi connectivity index (χ0n) is 12.7. The Bertz CT molecular complexity index is 650. The third-order valence-corrected chi connectivity index (χ3v) is 5.75. The van der Waals surface area contributed by atoms with E-state index >= 15 is 0 Å². The molecule has 1 aromatic rings. The topological polar surface area (TPSA) is 61.8 Å². The van der Waals surface area contributed by atoms with E-state index in [9.17, 15) is 21.6 Å². The Hall–Kier alpha value is -1.42. The second-order valence-electron chi connectivity index (χ2n) is 5.41. The number of hydrogen-bond donors (Lipinski definition) is 0. The van der Waals surface area contributed by atoms with Crippen LogP contribution in [0.5, 0.6) is 17.2 Å². The molecule has 1 rings (SSSR count). The lowest BCUT2D eigenvalue weighted by Gasteiger charge is -2.23. The van der Waals surface area contributed by atoms with Crippen molar-refractivity contribution in [3.63, 3.8) is 0 Å². The Morgan fingerprint density at radius 2 is 1.55 bits per heavy atom. The normalized spacial score (nSPS) is 12.9. The summed E-state index contributed by atoms with van der Waals surface area (Å²) in [5.41, 5.74) is -5.53. The fourth-order valence-corrected chi connectivity index (χ4v) is 3.71. The molecule has 0 bridgehead atoms. The van der Waals surface area contributed by atoms with Gasteiger partial charge in [-0.2, -0.15) is 21.6 Å². The third-order valence-electron chi connectivity index (χ3n) is 2.78. The molecular weight excluding hydrogens is 341 g/mol. The van der Waals surface area contributed by atoms with Gasteiger partial charge in [0.25, 0.3) is 0 Å². The average Bonchev–Trinajstić information content (AvgIpc) is 2.34. The van der Waals surface area contributed by atoms with Crippen LogP contribution in [0.3, 0.4) is 0 Å². The van der Waals surface area contributed by atoms with E-state index in [1.54, 1.807) is 0 Å². The van der Waals surface area contributed by atoms with Crippen molar-refractivity contribution >= 4 is 23.4 Å².